The van der Waals surface area contributed by atoms with Crippen molar-refractivity contribution in [2.24, 2.45) is 11.3 Å². The predicted octanol–water partition coefficient (Wildman–Crippen LogP) is 3.11. The van der Waals surface area contributed by atoms with Gasteiger partial charge in [0.15, 0.2) is 0 Å². The topological polar surface area (TPSA) is 38.3 Å². The van der Waals surface area contributed by atoms with Crippen molar-refractivity contribution in [1.82, 2.24) is 5.32 Å². The van der Waals surface area contributed by atoms with Crippen LogP contribution in [0.5, 0.6) is 0 Å². The first-order chi connectivity index (χ1) is 9.84. The molecule has 2 fully saturated rings. The fraction of sp³-hybridized carbons (Fsp3) is 1.00. The van der Waals surface area contributed by atoms with Gasteiger partial charge in [0.2, 0.25) is 0 Å². The average Bonchev–Trinajstić information content (AvgIpc) is 2.84. The number of rotatable bonds is 4. The summed E-state index contributed by atoms with van der Waals surface area (Å²) in [5, 5.41) is 4.11. The second kappa shape index (κ2) is 7.10. The summed E-state index contributed by atoms with van der Waals surface area (Å²) < 4.78 is 18.8. The van der Waals surface area contributed by atoms with E-state index in [1.54, 1.807) is 0 Å². The minimum atomic E-state index is -0.786. The van der Waals surface area contributed by atoms with E-state index >= 15 is 0 Å². The molecule has 1 heterocycles. The van der Waals surface area contributed by atoms with Gasteiger partial charge in [-0.15, -0.1) is 0 Å². The zero-order valence-corrected chi connectivity index (χ0v) is 15.2. The third-order valence-electron chi connectivity index (χ3n) is 5.39. The van der Waals surface area contributed by atoms with Crippen LogP contribution in [-0.2, 0) is 15.5 Å². The summed E-state index contributed by atoms with van der Waals surface area (Å²) in [6.45, 7) is 13.0. The third kappa shape index (κ3) is 4.08. The van der Waals surface area contributed by atoms with E-state index < -0.39 is 10.8 Å². The predicted molar refractivity (Wildman–Crippen MR) is 90.0 cm³/mol. The molecule has 21 heavy (non-hydrogen) atoms. The summed E-state index contributed by atoms with van der Waals surface area (Å²) in [4.78, 5) is 0. The van der Waals surface area contributed by atoms with Crippen LogP contribution in [0.25, 0.3) is 0 Å². The molecule has 6 atom stereocenters. The van der Waals surface area contributed by atoms with Crippen molar-refractivity contribution in [1.29, 1.82) is 0 Å². The molecule has 2 rings (SSSR count). The highest BCUT2D eigenvalue weighted by atomic mass is 32.2. The zero-order chi connectivity index (χ0) is 15.6. The van der Waals surface area contributed by atoms with E-state index in [0.717, 1.165) is 32.4 Å². The highest BCUT2D eigenvalue weighted by molar-refractivity contribution is 7.86. The number of nitrogens with one attached hydrogen (secondary N) is 1. The normalized spacial score (nSPS) is 39.4. The lowest BCUT2D eigenvalue weighted by atomic mass is 9.71. The van der Waals surface area contributed by atoms with Crippen molar-refractivity contribution < 1.29 is 8.95 Å². The zero-order valence-electron chi connectivity index (χ0n) is 14.4. The molecule has 6 unspecified atom stereocenters. The SMILES string of the molecule is CCNC1CCC(C(C)(C)C)CC1S(=O)C1CCOC1C. The Hall–Kier alpha value is 0.0700. The van der Waals surface area contributed by atoms with Gasteiger partial charge in [0.1, 0.15) is 0 Å². The van der Waals surface area contributed by atoms with Gasteiger partial charge in [0.05, 0.1) is 16.6 Å². The Balaban J connectivity index is 2.11. The molecule has 0 bridgehead atoms. The average molecular weight is 316 g/mol. The van der Waals surface area contributed by atoms with Crippen molar-refractivity contribution in [3.05, 3.63) is 0 Å². The van der Waals surface area contributed by atoms with Gasteiger partial charge in [-0.3, -0.25) is 4.21 Å². The Morgan fingerprint density at radius 3 is 2.43 bits per heavy atom. The van der Waals surface area contributed by atoms with Crippen LogP contribution in [0.3, 0.4) is 0 Å². The lowest BCUT2D eigenvalue weighted by Crippen LogP contribution is -2.50. The quantitative estimate of drug-likeness (QED) is 0.866. The van der Waals surface area contributed by atoms with E-state index in [2.05, 4.69) is 39.9 Å². The van der Waals surface area contributed by atoms with E-state index in [1.165, 1.54) is 6.42 Å². The molecule has 1 aliphatic carbocycles. The van der Waals surface area contributed by atoms with Crippen LogP contribution in [0.4, 0.5) is 0 Å². The summed E-state index contributed by atoms with van der Waals surface area (Å²) in [6, 6.07) is 0.419. The molecule has 124 valence electrons. The molecule has 0 amide bonds. The summed E-state index contributed by atoms with van der Waals surface area (Å²) in [5.41, 5.74) is 0.317. The Bertz CT molecular complexity index is 366. The van der Waals surface area contributed by atoms with E-state index in [4.69, 9.17) is 4.74 Å². The van der Waals surface area contributed by atoms with Crippen LogP contribution in [0.2, 0.25) is 0 Å². The number of hydrogen-bond acceptors (Lipinski definition) is 3. The molecule has 1 saturated heterocycles. The molecule has 3 nitrogen and oxygen atoms in total. The van der Waals surface area contributed by atoms with Crippen molar-refractivity contribution in [2.45, 2.75) is 82.9 Å². The number of ether oxygens (including phenoxy) is 1. The minimum Gasteiger partial charge on any atom is -0.377 e. The van der Waals surface area contributed by atoms with Gasteiger partial charge in [-0.2, -0.15) is 0 Å². The summed E-state index contributed by atoms with van der Waals surface area (Å²) >= 11 is 0. The molecule has 0 radical (unpaired) electrons. The molecule has 0 aromatic carbocycles. The molecular formula is C17H33NO2S. The van der Waals surface area contributed by atoms with Gasteiger partial charge in [-0.05, 0) is 50.5 Å². The van der Waals surface area contributed by atoms with Crippen molar-refractivity contribution >= 4 is 10.8 Å². The van der Waals surface area contributed by atoms with Crippen LogP contribution in [-0.4, -0.2) is 40.0 Å². The van der Waals surface area contributed by atoms with Gasteiger partial charge in [0.25, 0.3) is 0 Å². The molecule has 1 aliphatic heterocycles. The standard InChI is InChI=1S/C17H33NO2S/c1-6-18-14-8-7-13(17(3,4)5)11-16(14)21(19)15-9-10-20-12(15)2/h12-16,18H,6-11H2,1-5H3. The minimum absolute atomic E-state index is 0.156. The van der Waals surface area contributed by atoms with Gasteiger partial charge in [0, 0.05) is 23.4 Å². The largest absolute Gasteiger partial charge is 0.377 e. The van der Waals surface area contributed by atoms with Crippen LogP contribution in [0.1, 0.15) is 60.3 Å². The Labute approximate surface area is 133 Å². The van der Waals surface area contributed by atoms with Crippen LogP contribution < -0.4 is 5.32 Å². The molecule has 0 spiro atoms. The van der Waals surface area contributed by atoms with E-state index in [1.807, 2.05) is 0 Å². The van der Waals surface area contributed by atoms with Gasteiger partial charge >= 0.3 is 0 Å². The molecular weight excluding hydrogens is 282 g/mol. The monoisotopic (exact) mass is 315 g/mol. The molecule has 1 saturated carbocycles. The van der Waals surface area contributed by atoms with E-state index in [0.29, 0.717) is 17.4 Å². The molecule has 1 N–H and O–H groups in total. The maximum absolute atomic E-state index is 13.2. The third-order valence-corrected chi connectivity index (χ3v) is 7.72. The summed E-state index contributed by atoms with van der Waals surface area (Å²) in [5.74, 6) is 0.680. The first-order valence-corrected chi connectivity index (χ1v) is 9.86. The first kappa shape index (κ1) is 17.4. The molecule has 4 heteroatoms. The van der Waals surface area contributed by atoms with Crippen LogP contribution in [0.15, 0.2) is 0 Å². The highest BCUT2D eigenvalue weighted by Crippen LogP contribution is 2.40. The van der Waals surface area contributed by atoms with Crippen molar-refractivity contribution in [2.75, 3.05) is 13.2 Å². The van der Waals surface area contributed by atoms with Gasteiger partial charge in [-0.1, -0.05) is 27.7 Å². The van der Waals surface area contributed by atoms with Gasteiger partial charge in [-0.25, -0.2) is 0 Å². The van der Waals surface area contributed by atoms with E-state index in [-0.39, 0.29) is 16.6 Å². The maximum atomic E-state index is 13.2. The fourth-order valence-corrected chi connectivity index (χ4v) is 6.12. The molecule has 2 aliphatic rings. The van der Waals surface area contributed by atoms with Crippen molar-refractivity contribution in [3.8, 4) is 0 Å². The summed E-state index contributed by atoms with van der Waals surface area (Å²) in [6.07, 6.45) is 4.63. The summed E-state index contributed by atoms with van der Waals surface area (Å²) in [7, 11) is -0.786. The Kier molecular flexibility index (Phi) is 5.89. The molecule has 0 aromatic rings. The highest BCUT2D eigenvalue weighted by Gasteiger charge is 2.42. The van der Waals surface area contributed by atoms with Crippen molar-refractivity contribution in [3.63, 3.8) is 0 Å². The lowest BCUT2D eigenvalue weighted by Gasteiger charge is -2.42. The fourth-order valence-electron chi connectivity index (χ4n) is 3.91. The van der Waals surface area contributed by atoms with Gasteiger partial charge < -0.3 is 10.1 Å². The maximum Gasteiger partial charge on any atom is 0.0691 e. The van der Waals surface area contributed by atoms with E-state index in [9.17, 15) is 4.21 Å². The van der Waals surface area contributed by atoms with Crippen LogP contribution in [0, 0.1) is 11.3 Å². The Morgan fingerprint density at radius 1 is 1.19 bits per heavy atom. The number of hydrogen-bond donors (Lipinski definition) is 1. The Morgan fingerprint density at radius 2 is 1.90 bits per heavy atom. The first-order valence-electron chi connectivity index (χ1n) is 8.59. The second-order valence-corrected chi connectivity index (χ2v) is 9.68. The lowest BCUT2D eigenvalue weighted by molar-refractivity contribution is 0.126. The smallest absolute Gasteiger partial charge is 0.0691 e. The second-order valence-electron chi connectivity index (χ2n) is 7.81. The molecule has 0 aromatic heterocycles. The van der Waals surface area contributed by atoms with Crippen LogP contribution >= 0.6 is 0 Å².